The third-order valence-corrected chi connectivity index (χ3v) is 5.54. The van der Waals surface area contributed by atoms with Gasteiger partial charge in [0.1, 0.15) is 0 Å². The van der Waals surface area contributed by atoms with E-state index in [-0.39, 0.29) is 5.57 Å². The van der Waals surface area contributed by atoms with Gasteiger partial charge in [-0.05, 0) is 41.3 Å². The van der Waals surface area contributed by atoms with E-state index in [1.54, 1.807) is 24.3 Å². The lowest BCUT2D eigenvalue weighted by atomic mass is 9.96. The fourth-order valence-electron chi connectivity index (χ4n) is 4.26. The molecule has 1 aliphatic carbocycles. The highest BCUT2D eigenvalue weighted by Crippen LogP contribution is 2.48. The molecule has 4 heteroatoms. The normalized spacial score (nSPS) is 15.3. The highest BCUT2D eigenvalue weighted by atomic mass is 19.4. The Kier molecular flexibility index (Phi) is 4.17. The van der Waals surface area contributed by atoms with Gasteiger partial charge in [-0.15, -0.1) is 0 Å². The molecule has 0 radical (unpaired) electrons. The summed E-state index contributed by atoms with van der Waals surface area (Å²) in [5, 5.41) is 0.993. The van der Waals surface area contributed by atoms with Crippen LogP contribution in [0.5, 0.6) is 0 Å². The van der Waals surface area contributed by atoms with Gasteiger partial charge < -0.3 is 4.57 Å². The third kappa shape index (κ3) is 2.88. The van der Waals surface area contributed by atoms with E-state index in [0.29, 0.717) is 16.8 Å². The maximum absolute atomic E-state index is 14.2. The van der Waals surface area contributed by atoms with Crippen LogP contribution in [0.4, 0.5) is 13.2 Å². The molecular weight excluding hydrogens is 383 g/mol. The van der Waals surface area contributed by atoms with Crippen molar-refractivity contribution in [3.8, 4) is 0 Å². The molecule has 0 aliphatic heterocycles. The highest BCUT2D eigenvalue weighted by Gasteiger charge is 2.41. The van der Waals surface area contributed by atoms with Crippen LogP contribution in [-0.4, -0.2) is 10.7 Å². The Morgan fingerprint density at radius 1 is 0.800 bits per heavy atom. The minimum Gasteiger partial charge on any atom is -0.315 e. The summed E-state index contributed by atoms with van der Waals surface area (Å²) >= 11 is 0. The van der Waals surface area contributed by atoms with E-state index in [4.69, 9.17) is 0 Å². The number of nitrogens with zero attached hydrogens (tertiary/aromatic N) is 1. The van der Waals surface area contributed by atoms with Crippen LogP contribution in [0.1, 0.15) is 22.3 Å². The van der Waals surface area contributed by atoms with Gasteiger partial charge in [-0.25, -0.2) is 0 Å². The molecule has 5 rings (SSSR count). The summed E-state index contributed by atoms with van der Waals surface area (Å²) in [5.41, 5.74) is 3.97. The van der Waals surface area contributed by atoms with E-state index in [1.807, 2.05) is 72.3 Å². The number of aryl methyl sites for hydroxylation is 1. The summed E-state index contributed by atoms with van der Waals surface area (Å²) < 4.78 is 44.4. The average Bonchev–Trinajstić information content (AvgIpc) is 3.33. The Morgan fingerprint density at radius 3 is 2.30 bits per heavy atom. The Labute approximate surface area is 172 Å². The van der Waals surface area contributed by atoms with Gasteiger partial charge in [0.2, 0.25) is 0 Å². The van der Waals surface area contributed by atoms with Gasteiger partial charge in [-0.3, -0.25) is 0 Å². The molecule has 0 fully saturated rings. The molecule has 0 saturated carbocycles. The maximum atomic E-state index is 14.2. The monoisotopic (exact) mass is 401 g/mol. The summed E-state index contributed by atoms with van der Waals surface area (Å²) in [6.07, 6.45) is -1.35. The van der Waals surface area contributed by atoms with Crippen molar-refractivity contribution >= 4 is 28.2 Å². The van der Waals surface area contributed by atoms with Crippen LogP contribution >= 0.6 is 0 Å². The third-order valence-electron chi connectivity index (χ3n) is 5.54. The molecule has 30 heavy (non-hydrogen) atoms. The van der Waals surface area contributed by atoms with E-state index in [1.165, 1.54) is 6.08 Å². The van der Waals surface area contributed by atoms with Gasteiger partial charge in [-0.1, -0.05) is 72.8 Å². The van der Waals surface area contributed by atoms with Crippen LogP contribution in [0.3, 0.4) is 0 Å². The molecule has 0 N–H and O–H groups in total. The quantitative estimate of drug-likeness (QED) is 0.331. The first kappa shape index (κ1) is 18.5. The number of aromatic nitrogens is 1. The molecule has 3 aromatic carbocycles. The van der Waals surface area contributed by atoms with Crippen LogP contribution in [0.25, 0.3) is 28.2 Å². The fourth-order valence-corrected chi connectivity index (χ4v) is 4.26. The first-order valence-corrected chi connectivity index (χ1v) is 9.70. The van der Waals surface area contributed by atoms with Crippen molar-refractivity contribution in [2.75, 3.05) is 0 Å². The lowest BCUT2D eigenvalue weighted by Gasteiger charge is -2.20. The average molecular weight is 401 g/mol. The molecule has 0 spiro atoms. The van der Waals surface area contributed by atoms with Crippen molar-refractivity contribution in [3.63, 3.8) is 0 Å². The van der Waals surface area contributed by atoms with E-state index in [0.717, 1.165) is 22.0 Å². The molecule has 0 bridgehead atoms. The topological polar surface area (TPSA) is 4.93 Å². The second-order valence-corrected chi connectivity index (χ2v) is 7.43. The molecule has 1 nitrogen and oxygen atoms in total. The number of fused-ring (bicyclic) bond motifs is 2. The van der Waals surface area contributed by atoms with Gasteiger partial charge in [0.05, 0.1) is 16.8 Å². The first-order chi connectivity index (χ1) is 14.4. The number of hydrogen-bond donors (Lipinski definition) is 0. The standard InChI is InChI=1S/C26H18F3N/c1-17-8-7-12-19-14-15-30(24(17)19)25(18-9-3-2-4-10-18)23-21-13-6-5-11-20(21)16-22(23)26(27,28)29/h2-16H,1H3. The molecular formula is C26H18F3N. The smallest absolute Gasteiger partial charge is 0.315 e. The summed E-state index contributed by atoms with van der Waals surface area (Å²) in [4.78, 5) is 0. The van der Waals surface area contributed by atoms with E-state index < -0.39 is 11.7 Å². The zero-order chi connectivity index (χ0) is 20.9. The molecule has 0 atom stereocenters. The van der Waals surface area contributed by atoms with Crippen molar-refractivity contribution in [2.24, 2.45) is 0 Å². The van der Waals surface area contributed by atoms with Crippen molar-refractivity contribution in [3.05, 3.63) is 113 Å². The highest BCUT2D eigenvalue weighted by molar-refractivity contribution is 6.08. The SMILES string of the molecule is Cc1cccc2ccn(C(=C3C(C(F)(F)F)=Cc4ccccc43)c3ccccc3)c12. The van der Waals surface area contributed by atoms with Crippen LogP contribution < -0.4 is 0 Å². The van der Waals surface area contributed by atoms with Crippen LogP contribution in [-0.2, 0) is 0 Å². The van der Waals surface area contributed by atoms with Crippen molar-refractivity contribution in [2.45, 2.75) is 13.1 Å². The summed E-state index contributed by atoms with van der Waals surface area (Å²) in [6, 6.07) is 24.2. The van der Waals surface area contributed by atoms with Gasteiger partial charge in [0.15, 0.2) is 0 Å². The maximum Gasteiger partial charge on any atom is 0.417 e. The van der Waals surface area contributed by atoms with Gasteiger partial charge in [0.25, 0.3) is 0 Å². The molecule has 1 aromatic heterocycles. The Morgan fingerprint density at radius 2 is 1.53 bits per heavy atom. The number of halogens is 3. The summed E-state index contributed by atoms with van der Waals surface area (Å²) in [6.45, 7) is 1.98. The van der Waals surface area contributed by atoms with E-state index in [2.05, 4.69) is 0 Å². The molecule has 148 valence electrons. The zero-order valence-corrected chi connectivity index (χ0v) is 16.2. The molecule has 1 aliphatic rings. The number of rotatable bonds is 2. The zero-order valence-electron chi connectivity index (χ0n) is 16.2. The van der Waals surface area contributed by atoms with Crippen molar-refractivity contribution in [1.29, 1.82) is 0 Å². The van der Waals surface area contributed by atoms with Crippen molar-refractivity contribution in [1.82, 2.24) is 4.57 Å². The van der Waals surface area contributed by atoms with E-state index in [9.17, 15) is 13.2 Å². The largest absolute Gasteiger partial charge is 0.417 e. The minimum atomic E-state index is -4.47. The van der Waals surface area contributed by atoms with Crippen LogP contribution in [0, 0.1) is 6.92 Å². The number of benzene rings is 3. The second kappa shape index (κ2) is 6.77. The van der Waals surface area contributed by atoms with E-state index >= 15 is 0 Å². The molecule has 0 amide bonds. The molecule has 4 aromatic rings. The predicted octanol–water partition coefficient (Wildman–Crippen LogP) is 7.33. The Bertz CT molecular complexity index is 1320. The molecule has 0 unspecified atom stereocenters. The Balaban J connectivity index is 1.94. The number of alkyl halides is 3. The lowest BCUT2D eigenvalue weighted by Crippen LogP contribution is -2.14. The lowest BCUT2D eigenvalue weighted by molar-refractivity contribution is -0.0859. The number of allylic oxidation sites excluding steroid dienone is 2. The predicted molar refractivity (Wildman–Crippen MR) is 116 cm³/mol. The second-order valence-electron chi connectivity index (χ2n) is 7.43. The fraction of sp³-hybridized carbons (Fsp3) is 0.0769. The van der Waals surface area contributed by atoms with Gasteiger partial charge in [-0.2, -0.15) is 13.2 Å². The van der Waals surface area contributed by atoms with Gasteiger partial charge >= 0.3 is 6.18 Å². The molecule has 1 heterocycles. The number of para-hydroxylation sites is 1. The number of hydrogen-bond acceptors (Lipinski definition) is 0. The summed E-state index contributed by atoms with van der Waals surface area (Å²) in [7, 11) is 0. The van der Waals surface area contributed by atoms with Crippen LogP contribution in [0.15, 0.2) is 90.6 Å². The first-order valence-electron chi connectivity index (χ1n) is 9.70. The molecule has 0 saturated heterocycles. The Hall–Kier alpha value is -3.53. The minimum absolute atomic E-state index is 0.213. The van der Waals surface area contributed by atoms with Gasteiger partial charge in [0, 0.05) is 17.2 Å². The summed E-state index contributed by atoms with van der Waals surface area (Å²) in [5.74, 6) is 0. The van der Waals surface area contributed by atoms with Crippen molar-refractivity contribution < 1.29 is 13.2 Å². The van der Waals surface area contributed by atoms with Crippen LogP contribution in [0.2, 0.25) is 0 Å².